The fourth-order valence-electron chi connectivity index (χ4n) is 1.23. The van der Waals surface area contributed by atoms with Crippen LogP contribution in [0.1, 0.15) is 13.8 Å². The molecule has 0 saturated carbocycles. The van der Waals surface area contributed by atoms with Gasteiger partial charge in [0, 0.05) is 29.3 Å². The molecular formula is C10H20N2OS2. The molecule has 2 N–H and O–H groups in total. The zero-order valence-corrected chi connectivity index (χ0v) is 11.3. The van der Waals surface area contributed by atoms with Gasteiger partial charge in [0.15, 0.2) is 0 Å². The maximum Gasteiger partial charge on any atom is 0.238 e. The summed E-state index contributed by atoms with van der Waals surface area (Å²) in [6, 6.07) is 0.00130. The zero-order chi connectivity index (χ0) is 11.3. The average Bonchev–Trinajstić information content (AvgIpc) is 2.27. The molecule has 0 radical (unpaired) electrons. The Morgan fingerprint density at radius 1 is 1.67 bits per heavy atom. The molecule has 0 bridgehead atoms. The van der Waals surface area contributed by atoms with Crippen molar-refractivity contribution in [3.05, 3.63) is 0 Å². The monoisotopic (exact) mass is 248 g/mol. The number of thioether (sulfide) groups is 2. The van der Waals surface area contributed by atoms with E-state index in [1.807, 2.05) is 11.8 Å². The van der Waals surface area contributed by atoms with Crippen LogP contribution in [0.3, 0.4) is 0 Å². The summed E-state index contributed by atoms with van der Waals surface area (Å²) in [4.78, 5) is 11.8. The molecule has 1 rings (SSSR count). The van der Waals surface area contributed by atoms with Gasteiger partial charge in [-0.25, -0.2) is 0 Å². The Labute approximate surface area is 101 Å². The van der Waals surface area contributed by atoms with E-state index in [0.29, 0.717) is 0 Å². The van der Waals surface area contributed by atoms with Crippen LogP contribution in [0, 0.1) is 0 Å². The van der Waals surface area contributed by atoms with Crippen molar-refractivity contribution in [3.63, 3.8) is 0 Å². The summed E-state index contributed by atoms with van der Waals surface area (Å²) in [7, 11) is 0. The van der Waals surface area contributed by atoms with Gasteiger partial charge in [-0.3, -0.25) is 4.79 Å². The predicted octanol–water partition coefficient (Wildman–Crippen LogP) is 0.949. The molecular weight excluding hydrogens is 228 g/mol. The second-order valence-corrected chi connectivity index (χ2v) is 6.93. The third kappa shape index (κ3) is 4.66. The number of hydrogen-bond donors (Lipinski definition) is 2. The van der Waals surface area contributed by atoms with Crippen molar-refractivity contribution < 1.29 is 4.79 Å². The molecule has 0 aromatic heterocycles. The van der Waals surface area contributed by atoms with Gasteiger partial charge in [0.2, 0.25) is 5.91 Å². The van der Waals surface area contributed by atoms with Gasteiger partial charge in [0.25, 0.3) is 0 Å². The zero-order valence-electron chi connectivity index (χ0n) is 9.63. The van der Waals surface area contributed by atoms with Crippen molar-refractivity contribution in [1.82, 2.24) is 10.6 Å². The lowest BCUT2D eigenvalue weighted by Crippen LogP contribution is -2.51. The van der Waals surface area contributed by atoms with E-state index in [0.717, 1.165) is 24.6 Å². The maximum absolute atomic E-state index is 11.8. The minimum absolute atomic E-state index is 0.00130. The molecule has 0 aromatic rings. The number of carbonyl (C=O) groups is 1. The largest absolute Gasteiger partial charge is 0.353 e. The average molecular weight is 248 g/mol. The highest BCUT2D eigenvalue weighted by molar-refractivity contribution is 8.00. The summed E-state index contributed by atoms with van der Waals surface area (Å²) in [6.07, 6.45) is 2.07. The SMILES string of the molecule is CSC(C)(C)CNC(=O)C1CSCCN1. The molecule has 1 amide bonds. The van der Waals surface area contributed by atoms with Crippen LogP contribution in [-0.2, 0) is 4.79 Å². The number of amides is 1. The van der Waals surface area contributed by atoms with Gasteiger partial charge in [-0.15, -0.1) is 0 Å². The van der Waals surface area contributed by atoms with E-state index in [-0.39, 0.29) is 16.7 Å². The quantitative estimate of drug-likeness (QED) is 0.777. The summed E-state index contributed by atoms with van der Waals surface area (Å²) in [5.74, 6) is 2.15. The van der Waals surface area contributed by atoms with Crippen molar-refractivity contribution in [3.8, 4) is 0 Å². The van der Waals surface area contributed by atoms with E-state index in [9.17, 15) is 4.79 Å². The molecule has 1 aliphatic rings. The minimum Gasteiger partial charge on any atom is -0.353 e. The van der Waals surface area contributed by atoms with Crippen LogP contribution in [-0.4, -0.2) is 47.5 Å². The van der Waals surface area contributed by atoms with Crippen LogP contribution in [0.2, 0.25) is 0 Å². The number of hydrogen-bond acceptors (Lipinski definition) is 4. The van der Waals surface area contributed by atoms with Gasteiger partial charge in [0.1, 0.15) is 0 Å². The van der Waals surface area contributed by atoms with Gasteiger partial charge < -0.3 is 10.6 Å². The predicted molar refractivity (Wildman–Crippen MR) is 69.7 cm³/mol. The maximum atomic E-state index is 11.8. The lowest BCUT2D eigenvalue weighted by molar-refractivity contribution is -0.122. The van der Waals surface area contributed by atoms with E-state index < -0.39 is 0 Å². The van der Waals surface area contributed by atoms with Crippen molar-refractivity contribution in [2.45, 2.75) is 24.6 Å². The van der Waals surface area contributed by atoms with Gasteiger partial charge >= 0.3 is 0 Å². The first kappa shape index (κ1) is 13.2. The molecule has 0 spiro atoms. The first-order chi connectivity index (χ1) is 7.05. The van der Waals surface area contributed by atoms with E-state index in [4.69, 9.17) is 0 Å². The number of rotatable bonds is 4. The fourth-order valence-corrected chi connectivity index (χ4v) is 2.38. The molecule has 1 atom stereocenters. The highest BCUT2D eigenvalue weighted by Gasteiger charge is 2.23. The Hall–Kier alpha value is 0.130. The summed E-state index contributed by atoms with van der Waals surface area (Å²) >= 11 is 3.62. The first-order valence-corrected chi connectivity index (χ1v) is 7.57. The molecule has 1 aliphatic heterocycles. The van der Waals surface area contributed by atoms with E-state index in [2.05, 4.69) is 30.7 Å². The second-order valence-electron chi connectivity index (χ2n) is 4.26. The van der Waals surface area contributed by atoms with Gasteiger partial charge in [-0.2, -0.15) is 23.5 Å². The molecule has 88 valence electrons. The Morgan fingerprint density at radius 2 is 2.40 bits per heavy atom. The van der Waals surface area contributed by atoms with Crippen LogP contribution >= 0.6 is 23.5 Å². The van der Waals surface area contributed by atoms with Crippen LogP contribution < -0.4 is 10.6 Å². The molecule has 1 heterocycles. The summed E-state index contributed by atoms with van der Waals surface area (Å²) < 4.78 is 0.122. The number of nitrogens with one attached hydrogen (secondary N) is 2. The van der Waals surface area contributed by atoms with Crippen molar-refractivity contribution >= 4 is 29.4 Å². The van der Waals surface area contributed by atoms with Gasteiger partial charge in [-0.05, 0) is 20.1 Å². The van der Waals surface area contributed by atoms with Crippen LogP contribution in [0.5, 0.6) is 0 Å². The van der Waals surface area contributed by atoms with E-state index in [1.54, 1.807) is 11.8 Å². The summed E-state index contributed by atoms with van der Waals surface area (Å²) in [5.41, 5.74) is 0. The topological polar surface area (TPSA) is 41.1 Å². The van der Waals surface area contributed by atoms with E-state index in [1.165, 1.54) is 0 Å². The lowest BCUT2D eigenvalue weighted by atomic mass is 10.2. The van der Waals surface area contributed by atoms with Crippen molar-refractivity contribution in [1.29, 1.82) is 0 Å². The highest BCUT2D eigenvalue weighted by Crippen LogP contribution is 2.19. The lowest BCUT2D eigenvalue weighted by Gasteiger charge is -2.26. The first-order valence-electron chi connectivity index (χ1n) is 5.19. The molecule has 1 fully saturated rings. The third-order valence-electron chi connectivity index (χ3n) is 2.48. The normalized spacial score (nSPS) is 22.5. The smallest absolute Gasteiger partial charge is 0.238 e. The summed E-state index contributed by atoms with van der Waals surface area (Å²) in [6.45, 7) is 5.95. The molecule has 1 saturated heterocycles. The second kappa shape index (κ2) is 6.01. The molecule has 3 nitrogen and oxygen atoms in total. The Balaban J connectivity index is 2.28. The summed E-state index contributed by atoms with van der Waals surface area (Å²) in [5, 5.41) is 6.24. The standard InChI is InChI=1S/C10H20N2OS2/c1-10(2,14-3)7-12-9(13)8-6-15-5-4-11-8/h8,11H,4-7H2,1-3H3,(H,12,13). The van der Waals surface area contributed by atoms with Crippen molar-refractivity contribution in [2.24, 2.45) is 0 Å². The molecule has 0 aromatic carbocycles. The van der Waals surface area contributed by atoms with Gasteiger partial charge in [0.05, 0.1) is 6.04 Å². The Bertz CT molecular complexity index is 215. The molecule has 1 unspecified atom stereocenters. The molecule has 0 aliphatic carbocycles. The van der Waals surface area contributed by atoms with Gasteiger partial charge in [-0.1, -0.05) is 0 Å². The van der Waals surface area contributed by atoms with Crippen LogP contribution in [0.4, 0.5) is 0 Å². The fraction of sp³-hybridized carbons (Fsp3) is 0.900. The Morgan fingerprint density at radius 3 is 2.93 bits per heavy atom. The Kier molecular flexibility index (Phi) is 5.29. The van der Waals surface area contributed by atoms with E-state index >= 15 is 0 Å². The van der Waals surface area contributed by atoms with Crippen LogP contribution in [0.25, 0.3) is 0 Å². The number of carbonyl (C=O) groups excluding carboxylic acids is 1. The molecule has 5 heteroatoms. The van der Waals surface area contributed by atoms with Crippen molar-refractivity contribution in [2.75, 3.05) is 30.9 Å². The molecule has 15 heavy (non-hydrogen) atoms. The minimum atomic E-state index is 0.00130. The third-order valence-corrected chi connectivity index (χ3v) is 4.79. The highest BCUT2D eigenvalue weighted by atomic mass is 32.2. The van der Waals surface area contributed by atoms with Crippen LogP contribution in [0.15, 0.2) is 0 Å².